The number of nitro benzene ring substituents is 1. The first-order chi connectivity index (χ1) is 11.7. The first kappa shape index (κ1) is 18.9. The average Bonchev–Trinajstić information content (AvgIpc) is 2.54. The monoisotopic (exact) mass is 406 g/mol. The van der Waals surface area contributed by atoms with Crippen molar-refractivity contribution in [2.45, 2.75) is 26.2 Å². The summed E-state index contributed by atoms with van der Waals surface area (Å²) in [5.74, 6) is 0.0745. The second-order valence-corrected chi connectivity index (χ2v) is 7.39. The maximum absolute atomic E-state index is 12.0. The third-order valence-corrected chi connectivity index (χ3v) is 4.18. The van der Waals surface area contributed by atoms with Crippen LogP contribution >= 0.6 is 15.9 Å². The van der Waals surface area contributed by atoms with Crippen LogP contribution in [0.4, 0.5) is 11.4 Å². The molecule has 0 aliphatic rings. The lowest BCUT2D eigenvalue weighted by Crippen LogP contribution is -2.20. The number of nitrogens with one attached hydrogen (secondary N) is 1. The number of amides is 1. The Balaban J connectivity index is 1.95. The minimum absolute atomic E-state index is 0.0179. The SMILES string of the molecule is CC(C)(C)c1ccc(NC(=O)COc2ccc([N+](=O)[O-])cc2)c(Br)c1. The first-order valence-corrected chi connectivity index (χ1v) is 8.43. The van der Waals surface area contributed by atoms with Gasteiger partial charge in [-0.2, -0.15) is 0 Å². The van der Waals surface area contributed by atoms with Gasteiger partial charge in [0.25, 0.3) is 11.6 Å². The topological polar surface area (TPSA) is 81.5 Å². The minimum atomic E-state index is -0.491. The van der Waals surface area contributed by atoms with E-state index in [2.05, 4.69) is 42.0 Å². The second kappa shape index (κ2) is 7.65. The van der Waals surface area contributed by atoms with Crippen molar-refractivity contribution in [3.8, 4) is 5.75 Å². The van der Waals surface area contributed by atoms with E-state index in [-0.39, 0.29) is 23.6 Å². The van der Waals surface area contributed by atoms with Crippen LogP contribution in [0.3, 0.4) is 0 Å². The molecule has 0 aromatic heterocycles. The molecule has 2 aromatic rings. The van der Waals surface area contributed by atoms with Crippen molar-refractivity contribution < 1.29 is 14.5 Å². The highest BCUT2D eigenvalue weighted by Crippen LogP contribution is 2.30. The highest BCUT2D eigenvalue weighted by Gasteiger charge is 2.15. The van der Waals surface area contributed by atoms with E-state index >= 15 is 0 Å². The lowest BCUT2D eigenvalue weighted by atomic mass is 9.87. The number of non-ortho nitro benzene ring substituents is 1. The molecule has 1 N–H and O–H groups in total. The fourth-order valence-electron chi connectivity index (χ4n) is 2.08. The van der Waals surface area contributed by atoms with Gasteiger partial charge < -0.3 is 10.1 Å². The Morgan fingerprint density at radius 3 is 2.36 bits per heavy atom. The van der Waals surface area contributed by atoms with Crippen LogP contribution in [0.1, 0.15) is 26.3 Å². The Labute approximate surface area is 154 Å². The number of nitrogens with zero attached hydrogens (tertiary/aromatic N) is 1. The van der Waals surface area contributed by atoms with E-state index in [1.807, 2.05) is 18.2 Å². The van der Waals surface area contributed by atoms with Gasteiger partial charge in [-0.3, -0.25) is 14.9 Å². The number of ether oxygens (including phenoxy) is 1. The number of rotatable bonds is 5. The molecule has 0 bridgehead atoms. The van der Waals surface area contributed by atoms with E-state index in [4.69, 9.17) is 4.74 Å². The van der Waals surface area contributed by atoms with Crippen molar-refractivity contribution in [3.63, 3.8) is 0 Å². The molecule has 7 heteroatoms. The third-order valence-electron chi connectivity index (χ3n) is 3.53. The molecule has 0 heterocycles. The molecular weight excluding hydrogens is 388 g/mol. The van der Waals surface area contributed by atoms with Gasteiger partial charge in [0.05, 0.1) is 10.6 Å². The Hall–Kier alpha value is -2.41. The molecule has 0 fully saturated rings. The molecule has 0 radical (unpaired) electrons. The standard InChI is InChI=1S/C18H19BrN2O4/c1-18(2,3)12-4-9-16(15(19)10-12)20-17(22)11-25-14-7-5-13(6-8-14)21(23)24/h4-10H,11H2,1-3H3,(H,20,22). The van der Waals surface area contributed by atoms with E-state index in [0.29, 0.717) is 11.4 Å². The molecule has 0 aliphatic heterocycles. The van der Waals surface area contributed by atoms with Crippen LogP contribution in [0.5, 0.6) is 5.75 Å². The van der Waals surface area contributed by atoms with Gasteiger partial charge in [0.1, 0.15) is 5.75 Å². The van der Waals surface area contributed by atoms with Gasteiger partial charge in [-0.1, -0.05) is 26.8 Å². The van der Waals surface area contributed by atoms with Crippen molar-refractivity contribution in [1.82, 2.24) is 0 Å². The predicted molar refractivity (Wildman–Crippen MR) is 100 cm³/mol. The first-order valence-electron chi connectivity index (χ1n) is 7.64. The summed E-state index contributed by atoms with van der Waals surface area (Å²) >= 11 is 3.47. The Morgan fingerprint density at radius 2 is 1.84 bits per heavy atom. The number of benzene rings is 2. The van der Waals surface area contributed by atoms with E-state index in [0.717, 1.165) is 10.0 Å². The lowest BCUT2D eigenvalue weighted by molar-refractivity contribution is -0.384. The van der Waals surface area contributed by atoms with Crippen LogP contribution in [0.15, 0.2) is 46.9 Å². The van der Waals surface area contributed by atoms with Crippen molar-refractivity contribution in [2.24, 2.45) is 0 Å². The number of halogens is 1. The number of hydrogen-bond acceptors (Lipinski definition) is 4. The van der Waals surface area contributed by atoms with Gasteiger partial charge in [0.2, 0.25) is 0 Å². The molecular formula is C18H19BrN2O4. The van der Waals surface area contributed by atoms with E-state index in [1.54, 1.807) is 0 Å². The number of hydrogen-bond donors (Lipinski definition) is 1. The van der Waals surface area contributed by atoms with Crippen LogP contribution in [0.25, 0.3) is 0 Å². The number of nitro groups is 1. The number of carbonyl (C=O) groups is 1. The molecule has 0 aliphatic carbocycles. The highest BCUT2D eigenvalue weighted by atomic mass is 79.9. The molecule has 0 atom stereocenters. The van der Waals surface area contributed by atoms with Crippen molar-refractivity contribution in [2.75, 3.05) is 11.9 Å². The van der Waals surface area contributed by atoms with Crippen LogP contribution < -0.4 is 10.1 Å². The van der Waals surface area contributed by atoms with E-state index in [9.17, 15) is 14.9 Å². The van der Waals surface area contributed by atoms with Gasteiger partial charge >= 0.3 is 0 Å². The Kier molecular flexibility index (Phi) is 5.79. The minimum Gasteiger partial charge on any atom is -0.484 e. The molecule has 0 spiro atoms. The molecule has 0 saturated heterocycles. The molecule has 6 nitrogen and oxygen atoms in total. The zero-order valence-corrected chi connectivity index (χ0v) is 15.8. The lowest BCUT2D eigenvalue weighted by Gasteiger charge is -2.20. The van der Waals surface area contributed by atoms with Crippen LogP contribution in [0.2, 0.25) is 0 Å². The van der Waals surface area contributed by atoms with Crippen LogP contribution in [0, 0.1) is 10.1 Å². The van der Waals surface area contributed by atoms with E-state index < -0.39 is 4.92 Å². The Bertz CT molecular complexity index is 783. The predicted octanol–water partition coefficient (Wildman–Crippen LogP) is 4.67. The van der Waals surface area contributed by atoms with Gasteiger partial charge in [-0.25, -0.2) is 0 Å². The zero-order chi connectivity index (χ0) is 18.6. The highest BCUT2D eigenvalue weighted by molar-refractivity contribution is 9.10. The summed E-state index contributed by atoms with van der Waals surface area (Å²) < 4.78 is 6.14. The van der Waals surface area contributed by atoms with Crippen LogP contribution in [-0.4, -0.2) is 17.4 Å². The largest absolute Gasteiger partial charge is 0.484 e. The molecule has 2 aromatic carbocycles. The maximum Gasteiger partial charge on any atom is 0.269 e. The molecule has 25 heavy (non-hydrogen) atoms. The summed E-state index contributed by atoms with van der Waals surface area (Å²) in [5.41, 5.74) is 1.80. The smallest absolute Gasteiger partial charge is 0.269 e. The molecule has 132 valence electrons. The normalized spacial score (nSPS) is 11.0. The molecule has 0 saturated carbocycles. The van der Waals surface area contributed by atoms with Gasteiger partial charge in [-0.15, -0.1) is 0 Å². The van der Waals surface area contributed by atoms with Gasteiger partial charge in [-0.05, 0) is 51.2 Å². The van der Waals surface area contributed by atoms with Gasteiger partial charge in [0.15, 0.2) is 6.61 Å². The Morgan fingerprint density at radius 1 is 1.20 bits per heavy atom. The van der Waals surface area contributed by atoms with Crippen molar-refractivity contribution in [1.29, 1.82) is 0 Å². The second-order valence-electron chi connectivity index (χ2n) is 6.53. The fraction of sp³-hybridized carbons (Fsp3) is 0.278. The summed E-state index contributed by atoms with van der Waals surface area (Å²) in [6.07, 6.45) is 0. The summed E-state index contributed by atoms with van der Waals surface area (Å²) in [5, 5.41) is 13.4. The summed E-state index contributed by atoms with van der Waals surface area (Å²) in [7, 11) is 0. The quantitative estimate of drug-likeness (QED) is 0.577. The number of anilines is 1. The molecule has 0 unspecified atom stereocenters. The van der Waals surface area contributed by atoms with E-state index in [1.165, 1.54) is 24.3 Å². The zero-order valence-electron chi connectivity index (χ0n) is 14.2. The summed E-state index contributed by atoms with van der Waals surface area (Å²) in [4.78, 5) is 22.1. The average molecular weight is 407 g/mol. The third kappa shape index (κ3) is 5.29. The van der Waals surface area contributed by atoms with Gasteiger partial charge in [0, 0.05) is 16.6 Å². The van der Waals surface area contributed by atoms with Crippen molar-refractivity contribution >= 4 is 33.2 Å². The number of carbonyl (C=O) groups excluding carboxylic acids is 1. The fourth-order valence-corrected chi connectivity index (χ4v) is 2.56. The molecule has 2 rings (SSSR count). The summed E-state index contributed by atoms with van der Waals surface area (Å²) in [6.45, 7) is 6.16. The summed E-state index contributed by atoms with van der Waals surface area (Å²) in [6, 6.07) is 11.4. The van der Waals surface area contributed by atoms with Crippen LogP contribution in [-0.2, 0) is 10.2 Å². The van der Waals surface area contributed by atoms with Crippen molar-refractivity contribution in [3.05, 3.63) is 62.6 Å². The molecule has 1 amide bonds. The maximum atomic E-state index is 12.0.